The molecule has 3 saturated heterocycles. The number of nitriles is 1. The number of likely N-dealkylation sites (tertiary alicyclic amines) is 3. The molecule has 2 saturated carbocycles. The van der Waals surface area contributed by atoms with E-state index in [1.807, 2.05) is 12.1 Å². The third kappa shape index (κ3) is 3.52. The number of halogens is 1. The molecule has 8 heteroatoms. The van der Waals surface area contributed by atoms with E-state index < -0.39 is 6.04 Å². The first-order valence-corrected chi connectivity index (χ1v) is 12.8. The van der Waals surface area contributed by atoms with Gasteiger partial charge in [0.1, 0.15) is 11.9 Å². The summed E-state index contributed by atoms with van der Waals surface area (Å²) in [7, 11) is 0. The van der Waals surface area contributed by atoms with E-state index in [2.05, 4.69) is 15.9 Å². The Bertz CT molecular complexity index is 1020. The Morgan fingerprint density at radius 2 is 1.91 bits per heavy atom. The molecule has 0 spiro atoms. The van der Waals surface area contributed by atoms with Gasteiger partial charge in [-0.1, -0.05) is 25.0 Å². The van der Waals surface area contributed by atoms with Gasteiger partial charge in [0.15, 0.2) is 0 Å². The zero-order valence-corrected chi connectivity index (χ0v) is 19.4. The summed E-state index contributed by atoms with van der Waals surface area (Å²) in [6.07, 6.45) is 7.00. The van der Waals surface area contributed by atoms with E-state index in [1.165, 1.54) is 25.0 Å². The van der Waals surface area contributed by atoms with Crippen LogP contribution in [0.5, 0.6) is 0 Å². The van der Waals surface area contributed by atoms with Crippen LogP contribution in [0.4, 0.5) is 4.39 Å². The molecule has 7 atom stereocenters. The predicted molar refractivity (Wildman–Crippen MR) is 122 cm³/mol. The highest BCUT2D eigenvalue weighted by molar-refractivity contribution is 5.87. The van der Waals surface area contributed by atoms with Crippen LogP contribution in [0.1, 0.15) is 56.6 Å². The molecule has 1 aromatic carbocycles. The lowest BCUT2D eigenvalue weighted by Gasteiger charge is -2.42. The Labute approximate surface area is 199 Å². The number of carbonyl (C=O) groups is 2. The van der Waals surface area contributed by atoms with E-state index in [-0.39, 0.29) is 47.8 Å². The first kappa shape index (κ1) is 22.0. The van der Waals surface area contributed by atoms with Gasteiger partial charge in [-0.25, -0.2) is 4.39 Å². The summed E-state index contributed by atoms with van der Waals surface area (Å²) in [5.74, 6) is 0.546. The summed E-state index contributed by atoms with van der Waals surface area (Å²) in [6.45, 7) is 1.05. The van der Waals surface area contributed by atoms with Crippen molar-refractivity contribution in [1.82, 2.24) is 14.7 Å². The van der Waals surface area contributed by atoms with Gasteiger partial charge in [-0.05, 0) is 61.6 Å². The molecular formula is C26H32FN5O2. The van der Waals surface area contributed by atoms with Gasteiger partial charge in [-0.3, -0.25) is 14.5 Å². The third-order valence-electron chi connectivity index (χ3n) is 8.93. The summed E-state index contributed by atoms with van der Waals surface area (Å²) in [6, 6.07) is 7.80. The van der Waals surface area contributed by atoms with E-state index in [9.17, 15) is 19.2 Å². The summed E-state index contributed by atoms with van der Waals surface area (Å²) in [5, 5.41) is 9.42. The minimum Gasteiger partial charge on any atom is -0.330 e. The second kappa shape index (κ2) is 8.31. The maximum atomic E-state index is 13.6. The van der Waals surface area contributed by atoms with Gasteiger partial charge in [-0.2, -0.15) is 5.26 Å². The number of benzene rings is 1. The van der Waals surface area contributed by atoms with E-state index in [0.717, 1.165) is 37.7 Å². The summed E-state index contributed by atoms with van der Waals surface area (Å²) in [5.41, 5.74) is 7.37. The molecule has 2 bridgehead atoms. The maximum Gasteiger partial charge on any atom is 0.242 e. The van der Waals surface area contributed by atoms with Crippen molar-refractivity contribution < 1.29 is 14.0 Å². The zero-order valence-electron chi connectivity index (χ0n) is 19.4. The van der Waals surface area contributed by atoms with Crippen LogP contribution in [0, 0.1) is 29.0 Å². The van der Waals surface area contributed by atoms with Crippen molar-refractivity contribution in [3.05, 3.63) is 35.6 Å². The Balaban J connectivity index is 1.16. The molecule has 1 unspecified atom stereocenters. The molecule has 1 aromatic rings. The number of piperidine rings is 1. The Kier molecular flexibility index (Phi) is 5.38. The van der Waals surface area contributed by atoms with E-state index in [1.54, 1.807) is 4.90 Å². The topological polar surface area (TPSA) is 93.7 Å². The van der Waals surface area contributed by atoms with Gasteiger partial charge in [0, 0.05) is 25.2 Å². The lowest BCUT2D eigenvalue weighted by molar-refractivity contribution is -0.142. The van der Waals surface area contributed by atoms with Crippen LogP contribution >= 0.6 is 0 Å². The Hall–Kier alpha value is -2.50. The highest BCUT2D eigenvalue weighted by Crippen LogP contribution is 2.48. The molecule has 180 valence electrons. The molecular weight excluding hydrogens is 433 g/mol. The Morgan fingerprint density at radius 3 is 2.59 bits per heavy atom. The highest BCUT2D eigenvalue weighted by atomic mass is 19.1. The molecule has 2 amide bonds. The number of piperazine rings is 1. The molecule has 2 N–H and O–H groups in total. The standard InChI is InChI=1S/C26H32FN5O2/c27-18-7-5-16(6-8-18)24(15-3-1-2-4-15)32-20-11-23(26(32)34)30(13-20)14-21(29)25(33)31-19(12-28)9-17-10-22(17)31/h5-8,15,17,19-24H,1-4,9-11,13-14,29H2/t17?,19-,20+,21-,22-,23+,24-/m0/s1. The van der Waals surface area contributed by atoms with Crippen LogP contribution in [0.3, 0.4) is 0 Å². The zero-order chi connectivity index (χ0) is 23.6. The minimum absolute atomic E-state index is 0.0177. The maximum absolute atomic E-state index is 13.6. The fourth-order valence-electron chi connectivity index (χ4n) is 7.26. The Morgan fingerprint density at radius 1 is 1.18 bits per heavy atom. The van der Waals surface area contributed by atoms with Gasteiger partial charge in [0.2, 0.25) is 11.8 Å². The minimum atomic E-state index is -0.724. The number of nitrogens with two attached hydrogens (primary N) is 1. The van der Waals surface area contributed by atoms with Crippen molar-refractivity contribution in [2.24, 2.45) is 17.6 Å². The molecule has 3 heterocycles. The quantitative estimate of drug-likeness (QED) is 0.695. The molecule has 5 aliphatic rings. The molecule has 0 aromatic heterocycles. The van der Waals surface area contributed by atoms with Crippen LogP contribution in [-0.2, 0) is 9.59 Å². The van der Waals surface area contributed by atoms with Crippen LogP contribution in [0.15, 0.2) is 24.3 Å². The molecule has 7 nitrogen and oxygen atoms in total. The number of nitrogens with zero attached hydrogens (tertiary/aromatic N) is 4. The lowest BCUT2D eigenvalue weighted by Crippen LogP contribution is -2.57. The number of rotatable bonds is 6. The van der Waals surface area contributed by atoms with Gasteiger partial charge in [-0.15, -0.1) is 0 Å². The normalized spacial score (nSPS) is 34.4. The number of hydrogen-bond donors (Lipinski definition) is 1. The number of carbonyl (C=O) groups excluding carboxylic acids is 2. The summed E-state index contributed by atoms with van der Waals surface area (Å²) < 4.78 is 13.6. The molecule has 34 heavy (non-hydrogen) atoms. The second-order valence-electron chi connectivity index (χ2n) is 10.9. The van der Waals surface area contributed by atoms with Crippen LogP contribution in [0.25, 0.3) is 0 Å². The van der Waals surface area contributed by atoms with Crippen molar-refractivity contribution in [3.8, 4) is 6.07 Å². The predicted octanol–water partition coefficient (Wildman–Crippen LogP) is 2.18. The number of fused-ring (bicyclic) bond motifs is 3. The van der Waals surface area contributed by atoms with Crippen LogP contribution < -0.4 is 5.73 Å². The molecule has 2 aliphatic carbocycles. The van der Waals surface area contributed by atoms with Gasteiger partial charge < -0.3 is 15.5 Å². The SMILES string of the molecule is N#C[C@@H]1CC2C[C@@H]2N1C(=O)[C@@H](N)CN1C[C@H]2C[C@@H]1C(=O)N2[C@H](c1ccc(F)cc1)C1CCCC1. The van der Waals surface area contributed by atoms with Crippen molar-refractivity contribution in [2.75, 3.05) is 13.1 Å². The summed E-state index contributed by atoms with van der Waals surface area (Å²) >= 11 is 0. The van der Waals surface area contributed by atoms with E-state index in [0.29, 0.717) is 24.9 Å². The number of hydrogen-bond acceptors (Lipinski definition) is 5. The van der Waals surface area contributed by atoms with Gasteiger partial charge in [0.25, 0.3) is 0 Å². The third-order valence-corrected chi connectivity index (χ3v) is 8.93. The van der Waals surface area contributed by atoms with Gasteiger partial charge >= 0.3 is 0 Å². The smallest absolute Gasteiger partial charge is 0.242 e. The largest absolute Gasteiger partial charge is 0.330 e. The molecule has 6 rings (SSSR count). The fourth-order valence-corrected chi connectivity index (χ4v) is 7.26. The molecule has 3 aliphatic heterocycles. The van der Waals surface area contributed by atoms with Crippen molar-refractivity contribution >= 4 is 11.8 Å². The van der Waals surface area contributed by atoms with Crippen LogP contribution in [0.2, 0.25) is 0 Å². The second-order valence-corrected chi connectivity index (χ2v) is 10.9. The van der Waals surface area contributed by atoms with Crippen LogP contribution in [-0.4, -0.2) is 69.8 Å². The first-order valence-electron chi connectivity index (χ1n) is 12.8. The first-order chi connectivity index (χ1) is 16.5. The molecule has 0 radical (unpaired) electrons. The average Bonchev–Trinajstić information content (AvgIpc) is 3.25. The lowest BCUT2D eigenvalue weighted by atomic mass is 9.89. The average molecular weight is 466 g/mol. The summed E-state index contributed by atoms with van der Waals surface area (Å²) in [4.78, 5) is 32.5. The highest BCUT2D eigenvalue weighted by Gasteiger charge is 2.56. The van der Waals surface area contributed by atoms with Gasteiger partial charge in [0.05, 0.1) is 24.2 Å². The van der Waals surface area contributed by atoms with Crippen molar-refractivity contribution in [1.29, 1.82) is 5.26 Å². The van der Waals surface area contributed by atoms with Crippen molar-refractivity contribution in [3.63, 3.8) is 0 Å². The molecule has 5 fully saturated rings. The number of amides is 2. The van der Waals surface area contributed by atoms with E-state index in [4.69, 9.17) is 5.73 Å². The van der Waals surface area contributed by atoms with Crippen molar-refractivity contribution in [2.45, 2.75) is 81.2 Å². The fraction of sp³-hybridized carbons (Fsp3) is 0.654. The van der Waals surface area contributed by atoms with E-state index >= 15 is 0 Å². The monoisotopic (exact) mass is 465 g/mol.